The van der Waals surface area contributed by atoms with Crippen molar-refractivity contribution in [2.45, 2.75) is 45.0 Å². The molecule has 0 aliphatic carbocycles. The molecule has 0 saturated carbocycles. The van der Waals surface area contributed by atoms with Gasteiger partial charge in [0.2, 0.25) is 0 Å². The second-order valence-electron chi connectivity index (χ2n) is 8.66. The van der Waals surface area contributed by atoms with Crippen molar-refractivity contribution in [3.05, 3.63) is 64.4 Å². The average Bonchev–Trinajstić information content (AvgIpc) is 3.26. The predicted octanol–water partition coefficient (Wildman–Crippen LogP) is 4.98. The van der Waals surface area contributed by atoms with Crippen molar-refractivity contribution < 1.29 is 31.1 Å². The number of aryl methyl sites for hydroxylation is 1. The van der Waals surface area contributed by atoms with Crippen LogP contribution in [0.15, 0.2) is 42.7 Å². The molecule has 3 heterocycles. The number of pyridine rings is 1. The van der Waals surface area contributed by atoms with Crippen LogP contribution in [-0.2, 0) is 16.0 Å². The number of aromatic nitrogens is 2. The molecule has 1 aromatic carbocycles. The second kappa shape index (κ2) is 10.2. The Morgan fingerprint density at radius 2 is 1.86 bits per heavy atom. The fourth-order valence-corrected chi connectivity index (χ4v) is 5.98. The van der Waals surface area contributed by atoms with E-state index < -0.39 is 33.7 Å². The molecule has 1 aliphatic heterocycles. The molecule has 12 heteroatoms. The summed E-state index contributed by atoms with van der Waals surface area (Å²) in [5, 5.41) is 3.48. The van der Waals surface area contributed by atoms with Gasteiger partial charge in [-0.25, -0.2) is 13.4 Å². The van der Waals surface area contributed by atoms with Crippen molar-refractivity contribution in [2.75, 3.05) is 11.5 Å². The zero-order valence-corrected chi connectivity index (χ0v) is 21.1. The Hall–Kier alpha value is -2.99. The summed E-state index contributed by atoms with van der Waals surface area (Å²) >= 11 is 1.45. The summed E-state index contributed by atoms with van der Waals surface area (Å²) in [7, 11) is -3.05. The normalized spacial score (nSPS) is 16.9. The molecule has 0 bridgehead atoms. The minimum absolute atomic E-state index is 0.0506. The Morgan fingerprint density at radius 1 is 1.14 bits per heavy atom. The molecule has 1 atom stereocenters. The molecule has 1 amide bonds. The summed E-state index contributed by atoms with van der Waals surface area (Å²) in [5.41, 5.74) is 0.366. The van der Waals surface area contributed by atoms with E-state index in [-0.39, 0.29) is 23.2 Å². The molecule has 36 heavy (non-hydrogen) atoms. The van der Waals surface area contributed by atoms with Crippen molar-refractivity contribution >= 4 is 27.1 Å². The van der Waals surface area contributed by atoms with Crippen LogP contribution in [0.3, 0.4) is 0 Å². The van der Waals surface area contributed by atoms with Crippen LogP contribution in [0.25, 0.3) is 10.6 Å². The number of amides is 1. The summed E-state index contributed by atoms with van der Waals surface area (Å²) in [5.74, 6) is 0.0663. The third-order valence-electron chi connectivity index (χ3n) is 5.77. The van der Waals surface area contributed by atoms with Crippen LogP contribution >= 0.6 is 11.3 Å². The smallest absolute Gasteiger partial charge is 0.433 e. The maximum Gasteiger partial charge on any atom is 0.433 e. The lowest BCUT2D eigenvalue weighted by Crippen LogP contribution is -2.31. The number of nitrogens with one attached hydrogen (secondary N) is 1. The lowest BCUT2D eigenvalue weighted by atomic mass is 10.1. The van der Waals surface area contributed by atoms with Crippen molar-refractivity contribution in [1.82, 2.24) is 15.3 Å². The van der Waals surface area contributed by atoms with Gasteiger partial charge in [-0.1, -0.05) is 6.07 Å². The van der Waals surface area contributed by atoms with Gasteiger partial charge in [-0.3, -0.25) is 9.78 Å². The molecule has 1 N–H and O–H groups in total. The number of alkyl halides is 3. The number of carbonyl (C=O) groups is 1. The highest BCUT2D eigenvalue weighted by molar-refractivity contribution is 7.91. The highest BCUT2D eigenvalue weighted by Crippen LogP contribution is 2.32. The van der Waals surface area contributed by atoms with Gasteiger partial charge in [0.05, 0.1) is 17.5 Å². The van der Waals surface area contributed by atoms with E-state index in [0.29, 0.717) is 34.7 Å². The van der Waals surface area contributed by atoms with E-state index >= 15 is 0 Å². The Kier molecular flexibility index (Phi) is 7.37. The first-order valence-corrected chi connectivity index (χ1v) is 13.8. The number of ether oxygens (including phenoxy) is 1. The summed E-state index contributed by atoms with van der Waals surface area (Å²) in [4.78, 5) is 21.9. The quantitative estimate of drug-likeness (QED) is 0.475. The highest BCUT2D eigenvalue weighted by Gasteiger charge is 2.32. The molecule has 1 saturated heterocycles. The molecule has 7 nitrogen and oxygen atoms in total. The Bertz CT molecular complexity index is 1340. The molecule has 3 aromatic rings. The van der Waals surface area contributed by atoms with Gasteiger partial charge >= 0.3 is 6.18 Å². The van der Waals surface area contributed by atoms with E-state index in [4.69, 9.17) is 4.74 Å². The minimum Gasteiger partial charge on any atom is -0.490 e. The van der Waals surface area contributed by atoms with Crippen LogP contribution in [0, 0.1) is 6.92 Å². The molecule has 192 valence electrons. The van der Waals surface area contributed by atoms with Gasteiger partial charge in [0.1, 0.15) is 22.6 Å². The summed E-state index contributed by atoms with van der Waals surface area (Å²) < 4.78 is 67.9. The van der Waals surface area contributed by atoms with Crippen LogP contribution in [0.5, 0.6) is 5.75 Å². The maximum absolute atomic E-state index is 13.1. The molecule has 1 fully saturated rings. The number of rotatable bonds is 6. The minimum atomic E-state index is -4.54. The summed E-state index contributed by atoms with van der Waals surface area (Å²) in [6.45, 7) is 3.56. The van der Waals surface area contributed by atoms with Gasteiger partial charge < -0.3 is 10.1 Å². The molecule has 0 radical (unpaired) electrons. The Labute approximate surface area is 210 Å². The number of hydrogen-bond acceptors (Lipinski definition) is 7. The summed E-state index contributed by atoms with van der Waals surface area (Å²) in [6.07, 6.45) is -1.30. The van der Waals surface area contributed by atoms with Crippen molar-refractivity contribution in [1.29, 1.82) is 0 Å². The van der Waals surface area contributed by atoms with Crippen molar-refractivity contribution in [2.24, 2.45) is 0 Å². The summed E-state index contributed by atoms with van der Waals surface area (Å²) in [6, 6.07) is 6.55. The van der Waals surface area contributed by atoms with E-state index in [1.807, 2.05) is 6.92 Å². The molecular formula is C24H24F3N3O4S2. The van der Waals surface area contributed by atoms with E-state index in [0.717, 1.165) is 17.1 Å². The number of halogens is 3. The van der Waals surface area contributed by atoms with Gasteiger partial charge in [0.25, 0.3) is 5.91 Å². The van der Waals surface area contributed by atoms with Crippen LogP contribution in [-0.4, -0.2) is 41.9 Å². The highest BCUT2D eigenvalue weighted by atomic mass is 32.2. The fraction of sp³-hybridized carbons (Fsp3) is 0.375. The van der Waals surface area contributed by atoms with Crippen LogP contribution in [0.4, 0.5) is 13.2 Å². The fourth-order valence-electron chi connectivity index (χ4n) is 3.78. The number of hydrogen-bond donors (Lipinski definition) is 1. The average molecular weight is 540 g/mol. The monoisotopic (exact) mass is 539 g/mol. The first-order valence-electron chi connectivity index (χ1n) is 11.2. The topological polar surface area (TPSA) is 98.2 Å². The molecule has 2 aromatic heterocycles. The second-order valence-corrected chi connectivity index (χ2v) is 12.2. The number of thiazole rings is 1. The van der Waals surface area contributed by atoms with Gasteiger partial charge in [-0.15, -0.1) is 11.3 Å². The Morgan fingerprint density at radius 3 is 2.44 bits per heavy atom. The van der Waals surface area contributed by atoms with Crippen molar-refractivity contribution in [3.8, 4) is 16.3 Å². The first kappa shape index (κ1) is 26.1. The lowest BCUT2D eigenvalue weighted by Gasteiger charge is -2.24. The van der Waals surface area contributed by atoms with E-state index in [2.05, 4.69) is 15.3 Å². The largest absolute Gasteiger partial charge is 0.490 e. The van der Waals surface area contributed by atoms with Crippen LogP contribution in [0.2, 0.25) is 0 Å². The molecule has 0 spiro atoms. The molecule has 4 rings (SSSR count). The molecule has 1 aliphatic rings. The number of nitrogens with zero attached hydrogens (tertiary/aromatic N) is 2. The predicted molar refractivity (Wildman–Crippen MR) is 130 cm³/mol. The zero-order valence-electron chi connectivity index (χ0n) is 19.5. The van der Waals surface area contributed by atoms with Gasteiger partial charge in [-0.2, -0.15) is 13.2 Å². The third-order valence-corrected chi connectivity index (χ3v) is 8.44. The SMILES string of the molecule is Cc1cnc(-c2cc(OC3CCS(=O)(=O)CC3)cc(C(=O)NC(C)c3ccc(C(F)(F)F)nc3)c2)s1. The van der Waals surface area contributed by atoms with Crippen LogP contribution < -0.4 is 10.1 Å². The number of carbonyl (C=O) groups excluding carboxylic acids is 1. The number of benzene rings is 1. The van der Waals surface area contributed by atoms with E-state index in [1.54, 1.807) is 31.3 Å². The van der Waals surface area contributed by atoms with E-state index in [1.165, 1.54) is 17.4 Å². The Balaban J connectivity index is 1.56. The van der Waals surface area contributed by atoms with Crippen LogP contribution in [0.1, 0.15) is 52.3 Å². The number of sulfone groups is 1. The van der Waals surface area contributed by atoms with Gasteiger partial charge in [0, 0.05) is 28.4 Å². The van der Waals surface area contributed by atoms with Gasteiger partial charge in [-0.05, 0) is 56.5 Å². The molecule has 1 unspecified atom stereocenters. The maximum atomic E-state index is 13.1. The first-order chi connectivity index (χ1) is 16.9. The van der Waals surface area contributed by atoms with E-state index in [9.17, 15) is 26.4 Å². The lowest BCUT2D eigenvalue weighted by molar-refractivity contribution is -0.141. The zero-order chi connectivity index (χ0) is 26.1. The molecular weight excluding hydrogens is 515 g/mol. The standard InChI is InChI=1S/C24H24F3N3O4S2/c1-14-12-29-23(35-14)18-9-17(10-20(11-18)34-19-5-7-36(32,33)8-6-19)22(31)30-15(2)16-3-4-21(28-13-16)24(25,26)27/h3-4,9-13,15,19H,5-8H2,1-2H3,(H,30,31). The van der Waals surface area contributed by atoms with Crippen molar-refractivity contribution in [3.63, 3.8) is 0 Å². The van der Waals surface area contributed by atoms with Gasteiger partial charge in [0.15, 0.2) is 9.84 Å². The third kappa shape index (κ3) is 6.41.